The van der Waals surface area contributed by atoms with Crippen LogP contribution in [0.5, 0.6) is 5.88 Å². The Morgan fingerprint density at radius 2 is 1.81 bits per heavy atom. The molecule has 1 aromatic carbocycles. The molecule has 42 heavy (non-hydrogen) atoms. The highest BCUT2D eigenvalue weighted by Crippen LogP contribution is 2.45. The van der Waals surface area contributed by atoms with Gasteiger partial charge in [-0.25, -0.2) is 29.9 Å². The Balaban J connectivity index is 1.29. The first-order valence-electron chi connectivity index (χ1n) is 13.5. The molecule has 0 spiro atoms. The number of ether oxygens (including phenoxy) is 1. The van der Waals surface area contributed by atoms with Crippen molar-refractivity contribution in [3.05, 3.63) is 72.5 Å². The summed E-state index contributed by atoms with van der Waals surface area (Å²) >= 11 is 0. The van der Waals surface area contributed by atoms with Gasteiger partial charge < -0.3 is 13.9 Å². The lowest BCUT2D eigenvalue weighted by Crippen LogP contribution is -2.05. The summed E-state index contributed by atoms with van der Waals surface area (Å²) in [6.07, 6.45) is 5.39. The first kappa shape index (κ1) is 26.1. The molecular weight excluding hydrogens is 547 g/mol. The van der Waals surface area contributed by atoms with Crippen LogP contribution in [0.3, 0.4) is 0 Å². The minimum absolute atomic E-state index is 0.187. The predicted octanol–water partition coefficient (Wildman–Crippen LogP) is 5.93. The van der Waals surface area contributed by atoms with Gasteiger partial charge in [-0.3, -0.25) is 4.40 Å². The largest absolute Gasteiger partial charge is 0.480 e. The van der Waals surface area contributed by atoms with Crippen LogP contribution in [0.1, 0.15) is 55.6 Å². The summed E-state index contributed by atoms with van der Waals surface area (Å²) in [5.74, 6) is 1.52. The van der Waals surface area contributed by atoms with Gasteiger partial charge in [0.1, 0.15) is 35.2 Å². The molecule has 7 rings (SSSR count). The molecular formula is C29H26F3N9O. The number of aromatic nitrogens is 9. The number of hydrogen-bond acceptors (Lipinski definition) is 7. The van der Waals surface area contributed by atoms with E-state index in [-0.39, 0.29) is 11.9 Å². The maximum Gasteiger partial charge on any atom is 0.434 e. The third-order valence-electron chi connectivity index (χ3n) is 7.52. The number of benzene rings is 1. The molecule has 0 radical (unpaired) electrons. The molecule has 0 bridgehead atoms. The van der Waals surface area contributed by atoms with Crippen molar-refractivity contribution < 1.29 is 17.9 Å². The van der Waals surface area contributed by atoms with Gasteiger partial charge in [0.2, 0.25) is 5.88 Å². The van der Waals surface area contributed by atoms with Crippen molar-refractivity contribution in [2.75, 3.05) is 7.11 Å². The first-order chi connectivity index (χ1) is 20.2. The fourth-order valence-corrected chi connectivity index (χ4v) is 5.29. The van der Waals surface area contributed by atoms with Crippen LogP contribution in [-0.2, 0) is 12.7 Å². The molecule has 0 atom stereocenters. The highest BCUT2D eigenvalue weighted by atomic mass is 19.4. The highest BCUT2D eigenvalue weighted by molar-refractivity contribution is 5.80. The Morgan fingerprint density at radius 3 is 2.50 bits per heavy atom. The maximum atomic E-state index is 13.4. The summed E-state index contributed by atoms with van der Waals surface area (Å²) in [7, 11) is 1.57. The molecule has 0 aliphatic heterocycles. The molecule has 6 aromatic rings. The van der Waals surface area contributed by atoms with Crippen molar-refractivity contribution in [2.24, 2.45) is 0 Å². The molecule has 5 heterocycles. The van der Waals surface area contributed by atoms with Crippen LogP contribution >= 0.6 is 0 Å². The van der Waals surface area contributed by atoms with E-state index in [4.69, 9.17) is 9.72 Å². The van der Waals surface area contributed by atoms with Crippen molar-refractivity contribution in [1.82, 2.24) is 43.4 Å². The van der Waals surface area contributed by atoms with Crippen LogP contribution in [0.15, 0.2) is 55.5 Å². The fraction of sp³-hybridized carbons (Fsp3) is 0.310. The fourth-order valence-electron chi connectivity index (χ4n) is 5.29. The molecule has 13 heteroatoms. The molecule has 1 aliphatic carbocycles. The third kappa shape index (κ3) is 4.35. The van der Waals surface area contributed by atoms with E-state index in [1.165, 1.54) is 6.33 Å². The van der Waals surface area contributed by atoms with E-state index in [9.17, 15) is 13.2 Å². The van der Waals surface area contributed by atoms with Crippen molar-refractivity contribution in [3.63, 3.8) is 0 Å². The Labute approximate surface area is 237 Å². The summed E-state index contributed by atoms with van der Waals surface area (Å²) in [6.45, 7) is 4.10. The molecule has 0 N–H and O–H groups in total. The summed E-state index contributed by atoms with van der Waals surface area (Å²) < 4.78 is 51.3. The molecule has 0 unspecified atom stereocenters. The number of methoxy groups -OCH3 is 1. The van der Waals surface area contributed by atoms with E-state index in [0.29, 0.717) is 40.9 Å². The second-order valence-electron chi connectivity index (χ2n) is 10.7. The molecule has 10 nitrogen and oxygen atoms in total. The Morgan fingerprint density at radius 1 is 1.02 bits per heavy atom. The van der Waals surface area contributed by atoms with Gasteiger partial charge in [0.05, 0.1) is 31.7 Å². The molecule has 0 saturated heterocycles. The van der Waals surface area contributed by atoms with Crippen molar-refractivity contribution in [2.45, 2.75) is 51.4 Å². The highest BCUT2D eigenvalue weighted by Gasteiger charge is 2.35. The van der Waals surface area contributed by atoms with Crippen molar-refractivity contribution >= 4 is 16.8 Å². The van der Waals surface area contributed by atoms with E-state index in [0.717, 1.165) is 41.5 Å². The monoisotopic (exact) mass is 573 g/mol. The Hall–Kier alpha value is -4.81. The molecule has 1 aliphatic rings. The lowest BCUT2D eigenvalue weighted by atomic mass is 10.1. The number of halogens is 3. The minimum Gasteiger partial charge on any atom is -0.480 e. The van der Waals surface area contributed by atoms with Gasteiger partial charge in [0.15, 0.2) is 17.2 Å². The standard InChI is InChI=1S/C29H26F3N9O/c1-16(2)39-13-21(29(30,31)32)37-26(39)19-6-4-17(5-7-19)12-40-22-11-33-15-41(22)20-10-34-25(38-27(20)40)23-24(18-8-9-18)35-14-36-28(23)42-3/h4-7,10-11,13-16,18H,8-9,12H2,1-3H3. The quantitative estimate of drug-likeness (QED) is 0.233. The number of hydrogen-bond donors (Lipinski definition) is 0. The van der Waals surface area contributed by atoms with Crippen LogP contribution in [0.4, 0.5) is 13.2 Å². The normalized spacial score (nSPS) is 14.0. The molecule has 1 saturated carbocycles. The SMILES string of the molecule is COc1ncnc(C2CC2)c1-c1ncc2c(n1)n(Cc1ccc(-c3nc(C(F)(F)F)cn3C(C)C)cc1)c1cncn21. The van der Waals surface area contributed by atoms with E-state index >= 15 is 0 Å². The second-order valence-corrected chi connectivity index (χ2v) is 10.7. The van der Waals surface area contributed by atoms with Gasteiger partial charge in [-0.1, -0.05) is 24.3 Å². The average molecular weight is 574 g/mol. The van der Waals surface area contributed by atoms with Gasteiger partial charge in [-0.15, -0.1) is 0 Å². The molecule has 214 valence electrons. The zero-order valence-corrected chi connectivity index (χ0v) is 23.0. The zero-order valence-electron chi connectivity index (χ0n) is 23.0. The summed E-state index contributed by atoms with van der Waals surface area (Å²) in [5, 5.41) is 0. The smallest absolute Gasteiger partial charge is 0.434 e. The Bertz CT molecular complexity index is 1930. The van der Waals surface area contributed by atoms with Crippen LogP contribution in [-0.4, -0.2) is 50.5 Å². The summed E-state index contributed by atoms with van der Waals surface area (Å²) in [5.41, 5.74) is 4.51. The van der Waals surface area contributed by atoms with Crippen molar-refractivity contribution in [3.8, 4) is 28.7 Å². The molecule has 5 aromatic heterocycles. The first-order valence-corrected chi connectivity index (χ1v) is 13.5. The number of alkyl halides is 3. The lowest BCUT2D eigenvalue weighted by molar-refractivity contribution is -0.140. The van der Waals surface area contributed by atoms with E-state index < -0.39 is 11.9 Å². The van der Waals surface area contributed by atoms with Crippen LogP contribution < -0.4 is 4.74 Å². The Kier molecular flexibility index (Phi) is 5.99. The van der Waals surface area contributed by atoms with Crippen LogP contribution in [0.25, 0.3) is 39.6 Å². The lowest BCUT2D eigenvalue weighted by Gasteiger charge is -2.12. The topological polar surface area (TPSA) is 101 Å². The molecule has 1 fully saturated rings. The third-order valence-corrected chi connectivity index (χ3v) is 7.52. The zero-order chi connectivity index (χ0) is 29.2. The number of rotatable bonds is 7. The second kappa shape index (κ2) is 9.64. The van der Waals surface area contributed by atoms with E-state index in [2.05, 4.69) is 24.9 Å². The van der Waals surface area contributed by atoms with Gasteiger partial charge in [0, 0.05) is 23.7 Å². The predicted molar refractivity (Wildman–Crippen MR) is 148 cm³/mol. The number of imidazole rings is 3. The van der Waals surface area contributed by atoms with Crippen molar-refractivity contribution in [1.29, 1.82) is 0 Å². The summed E-state index contributed by atoms with van der Waals surface area (Å²) in [4.78, 5) is 26.7. The van der Waals surface area contributed by atoms with Gasteiger partial charge in [0.25, 0.3) is 0 Å². The van der Waals surface area contributed by atoms with Gasteiger partial charge in [-0.2, -0.15) is 13.2 Å². The number of nitrogens with zero attached hydrogens (tertiary/aromatic N) is 9. The average Bonchev–Trinajstić information content (AvgIpc) is 3.41. The minimum atomic E-state index is -4.52. The maximum absolute atomic E-state index is 13.4. The van der Waals surface area contributed by atoms with Crippen LogP contribution in [0.2, 0.25) is 0 Å². The van der Waals surface area contributed by atoms with E-state index in [1.807, 2.05) is 34.9 Å². The molecule has 0 amide bonds. The number of fused-ring (bicyclic) bond motifs is 3. The van der Waals surface area contributed by atoms with Crippen LogP contribution in [0, 0.1) is 0 Å². The van der Waals surface area contributed by atoms with Gasteiger partial charge in [-0.05, 0) is 32.3 Å². The summed E-state index contributed by atoms with van der Waals surface area (Å²) in [6, 6.07) is 7.19. The van der Waals surface area contributed by atoms with Gasteiger partial charge >= 0.3 is 6.18 Å². The van der Waals surface area contributed by atoms with E-state index in [1.54, 1.807) is 42.5 Å².